The monoisotopic (exact) mass is 233 g/mol. The van der Waals surface area contributed by atoms with E-state index in [-0.39, 0.29) is 24.7 Å². The molecule has 0 bridgehead atoms. The maximum absolute atomic E-state index is 12.3. The second-order valence-electron chi connectivity index (χ2n) is 3.06. The molecule has 0 radical (unpaired) electrons. The normalized spacial score (nSPS) is 11.2. The summed E-state index contributed by atoms with van der Waals surface area (Å²) in [5.74, 6) is -0.381. The van der Waals surface area contributed by atoms with Gasteiger partial charge in [-0.1, -0.05) is 6.07 Å². The van der Waals surface area contributed by atoms with Gasteiger partial charge in [0.25, 0.3) is 0 Å². The van der Waals surface area contributed by atoms with Crippen molar-refractivity contribution in [2.45, 2.75) is 6.18 Å². The minimum atomic E-state index is -4.42. The van der Waals surface area contributed by atoms with Crippen LogP contribution in [0.5, 0.6) is 5.75 Å². The van der Waals surface area contributed by atoms with Gasteiger partial charge in [0, 0.05) is 0 Å². The van der Waals surface area contributed by atoms with Gasteiger partial charge >= 0.3 is 6.18 Å². The molecule has 0 aromatic heterocycles. The zero-order chi connectivity index (χ0) is 12.2. The zero-order valence-electron chi connectivity index (χ0n) is 8.25. The molecule has 0 unspecified atom stereocenters. The van der Waals surface area contributed by atoms with Crippen LogP contribution in [-0.2, 0) is 11.0 Å². The van der Waals surface area contributed by atoms with Crippen molar-refractivity contribution in [1.29, 1.82) is 0 Å². The fourth-order valence-electron chi connectivity index (χ4n) is 0.985. The molecular weight excluding hydrogens is 223 g/mol. The van der Waals surface area contributed by atoms with Gasteiger partial charge in [0.2, 0.25) is 0 Å². The molecular formula is C10H10F3NO2. The highest BCUT2D eigenvalue weighted by molar-refractivity contribution is 5.81. The number of carbonyl (C=O) groups is 1. The van der Waals surface area contributed by atoms with E-state index >= 15 is 0 Å². The van der Waals surface area contributed by atoms with E-state index in [1.54, 1.807) is 0 Å². The average Bonchev–Trinajstić information content (AvgIpc) is 2.25. The number of alkyl halides is 3. The smallest absolute Gasteiger partial charge is 0.416 e. The average molecular weight is 233 g/mol. The molecule has 0 fully saturated rings. The first-order valence-electron chi connectivity index (χ1n) is 4.45. The summed E-state index contributed by atoms with van der Waals surface area (Å²) in [6.45, 7) is -0.517. The van der Waals surface area contributed by atoms with Crippen LogP contribution in [0.3, 0.4) is 0 Å². The van der Waals surface area contributed by atoms with E-state index in [1.165, 1.54) is 12.1 Å². The molecule has 3 nitrogen and oxygen atoms in total. The molecule has 0 spiro atoms. The number of ketones is 1. The van der Waals surface area contributed by atoms with Gasteiger partial charge in [-0.05, 0) is 18.2 Å². The van der Waals surface area contributed by atoms with Crippen molar-refractivity contribution < 1.29 is 22.7 Å². The van der Waals surface area contributed by atoms with E-state index in [0.717, 1.165) is 12.1 Å². The maximum atomic E-state index is 12.3. The van der Waals surface area contributed by atoms with Crippen molar-refractivity contribution in [3.8, 4) is 5.75 Å². The second kappa shape index (κ2) is 4.98. The van der Waals surface area contributed by atoms with Crippen LogP contribution in [0.15, 0.2) is 24.3 Å². The van der Waals surface area contributed by atoms with E-state index < -0.39 is 11.7 Å². The molecule has 1 aromatic rings. The number of ether oxygens (including phenoxy) is 1. The Hall–Kier alpha value is -1.56. The van der Waals surface area contributed by atoms with Crippen LogP contribution in [-0.4, -0.2) is 18.9 Å². The third-order valence-corrected chi connectivity index (χ3v) is 1.79. The Morgan fingerprint density at radius 3 is 2.62 bits per heavy atom. The fraction of sp³-hybridized carbons (Fsp3) is 0.300. The number of nitrogens with two attached hydrogens (primary N) is 1. The highest BCUT2D eigenvalue weighted by atomic mass is 19.4. The molecule has 0 aliphatic carbocycles. The van der Waals surface area contributed by atoms with Gasteiger partial charge in [-0.15, -0.1) is 0 Å². The van der Waals surface area contributed by atoms with Crippen LogP contribution in [0.4, 0.5) is 13.2 Å². The Morgan fingerprint density at radius 1 is 1.38 bits per heavy atom. The first-order valence-corrected chi connectivity index (χ1v) is 4.45. The van der Waals surface area contributed by atoms with Gasteiger partial charge in [-0.3, -0.25) is 4.79 Å². The highest BCUT2D eigenvalue weighted by Gasteiger charge is 2.30. The van der Waals surface area contributed by atoms with Crippen molar-refractivity contribution in [3.05, 3.63) is 29.8 Å². The number of hydrogen-bond acceptors (Lipinski definition) is 3. The SMILES string of the molecule is NCC(=O)COc1cccc(C(F)(F)F)c1. The Kier molecular flexibility index (Phi) is 3.89. The molecule has 16 heavy (non-hydrogen) atoms. The van der Waals surface area contributed by atoms with Gasteiger partial charge in [-0.25, -0.2) is 0 Å². The van der Waals surface area contributed by atoms with Gasteiger partial charge in [0.1, 0.15) is 12.4 Å². The summed E-state index contributed by atoms with van der Waals surface area (Å²) in [4.78, 5) is 10.8. The Morgan fingerprint density at radius 2 is 2.06 bits per heavy atom. The molecule has 1 rings (SSSR count). The summed E-state index contributed by atoms with van der Waals surface area (Å²) in [5.41, 5.74) is 4.21. The van der Waals surface area contributed by atoms with Crippen molar-refractivity contribution in [3.63, 3.8) is 0 Å². The number of hydrogen-bond donors (Lipinski definition) is 1. The Balaban J connectivity index is 2.72. The number of carbonyl (C=O) groups excluding carboxylic acids is 1. The molecule has 88 valence electrons. The van der Waals surface area contributed by atoms with Crippen LogP contribution >= 0.6 is 0 Å². The first-order chi connectivity index (χ1) is 7.43. The number of rotatable bonds is 4. The van der Waals surface area contributed by atoms with Crippen LogP contribution in [0.25, 0.3) is 0 Å². The van der Waals surface area contributed by atoms with E-state index in [0.29, 0.717) is 0 Å². The second-order valence-corrected chi connectivity index (χ2v) is 3.06. The molecule has 0 saturated carbocycles. The Labute approximate surface area is 90.0 Å². The molecule has 2 N–H and O–H groups in total. The van der Waals surface area contributed by atoms with E-state index in [2.05, 4.69) is 0 Å². The molecule has 0 amide bonds. The molecule has 1 aromatic carbocycles. The minimum Gasteiger partial charge on any atom is -0.486 e. The quantitative estimate of drug-likeness (QED) is 0.859. The molecule has 0 heterocycles. The molecule has 0 aliphatic rings. The van der Waals surface area contributed by atoms with E-state index in [4.69, 9.17) is 10.5 Å². The van der Waals surface area contributed by atoms with Crippen LogP contribution in [0.1, 0.15) is 5.56 Å². The lowest BCUT2D eigenvalue weighted by Gasteiger charge is -2.09. The summed E-state index contributed by atoms with van der Waals surface area (Å²) in [5, 5.41) is 0. The highest BCUT2D eigenvalue weighted by Crippen LogP contribution is 2.31. The summed E-state index contributed by atoms with van der Waals surface area (Å²) >= 11 is 0. The molecule has 6 heteroatoms. The molecule has 0 aliphatic heterocycles. The van der Waals surface area contributed by atoms with Gasteiger partial charge in [-0.2, -0.15) is 13.2 Å². The van der Waals surface area contributed by atoms with Crippen LogP contribution in [0.2, 0.25) is 0 Å². The van der Waals surface area contributed by atoms with Crippen molar-refractivity contribution in [2.24, 2.45) is 5.73 Å². The van der Waals surface area contributed by atoms with E-state index in [1.807, 2.05) is 0 Å². The van der Waals surface area contributed by atoms with Crippen molar-refractivity contribution in [2.75, 3.05) is 13.2 Å². The lowest BCUT2D eigenvalue weighted by molar-refractivity contribution is -0.137. The summed E-state index contributed by atoms with van der Waals surface area (Å²) in [6.07, 6.45) is -4.42. The summed E-state index contributed by atoms with van der Waals surface area (Å²) in [6, 6.07) is 4.32. The number of halogens is 3. The lowest BCUT2D eigenvalue weighted by Crippen LogP contribution is -2.20. The lowest BCUT2D eigenvalue weighted by atomic mass is 10.2. The third kappa shape index (κ3) is 3.54. The summed E-state index contributed by atoms with van der Waals surface area (Å²) in [7, 11) is 0. The minimum absolute atomic E-state index is 0.00312. The van der Waals surface area contributed by atoms with Crippen molar-refractivity contribution in [1.82, 2.24) is 0 Å². The fourth-order valence-corrected chi connectivity index (χ4v) is 0.985. The van der Waals surface area contributed by atoms with Crippen LogP contribution in [0, 0.1) is 0 Å². The number of benzene rings is 1. The molecule has 0 atom stereocenters. The summed E-state index contributed by atoms with van der Waals surface area (Å²) < 4.78 is 41.7. The predicted octanol–water partition coefficient (Wildman–Crippen LogP) is 1.61. The number of Topliss-reactive ketones (excluding diaryl/α,β-unsaturated/α-hetero) is 1. The topological polar surface area (TPSA) is 52.3 Å². The molecule has 0 saturated heterocycles. The Bertz CT molecular complexity index is 377. The predicted molar refractivity (Wildman–Crippen MR) is 51.0 cm³/mol. The van der Waals surface area contributed by atoms with Gasteiger partial charge < -0.3 is 10.5 Å². The van der Waals surface area contributed by atoms with Crippen LogP contribution < -0.4 is 10.5 Å². The van der Waals surface area contributed by atoms with E-state index in [9.17, 15) is 18.0 Å². The third-order valence-electron chi connectivity index (χ3n) is 1.79. The zero-order valence-corrected chi connectivity index (χ0v) is 8.25. The largest absolute Gasteiger partial charge is 0.486 e. The first kappa shape index (κ1) is 12.5. The van der Waals surface area contributed by atoms with Gasteiger partial charge in [0.15, 0.2) is 5.78 Å². The van der Waals surface area contributed by atoms with Crippen molar-refractivity contribution >= 4 is 5.78 Å². The van der Waals surface area contributed by atoms with Gasteiger partial charge in [0.05, 0.1) is 12.1 Å². The maximum Gasteiger partial charge on any atom is 0.416 e. The standard InChI is InChI=1S/C10H10F3NO2/c11-10(12,13)7-2-1-3-9(4-7)16-6-8(15)5-14/h1-4H,5-6,14H2.